The van der Waals surface area contributed by atoms with Crippen molar-refractivity contribution >= 4 is 41.0 Å². The molecule has 1 aliphatic carbocycles. The minimum atomic E-state index is -0.605. The summed E-state index contributed by atoms with van der Waals surface area (Å²) in [6, 6.07) is 1.89. The molecule has 30 heavy (non-hydrogen) atoms. The molecule has 1 saturated heterocycles. The first kappa shape index (κ1) is 22.5. The van der Waals surface area contributed by atoms with Crippen molar-refractivity contribution in [2.75, 3.05) is 13.1 Å². The molecule has 0 spiro atoms. The molecule has 1 aromatic carbocycles. The van der Waals surface area contributed by atoms with Crippen molar-refractivity contribution in [3.8, 4) is 5.75 Å². The summed E-state index contributed by atoms with van der Waals surface area (Å²) in [5, 5.41) is 18.8. The average Bonchev–Trinajstić information content (AvgIpc) is 2.67. The minimum absolute atomic E-state index is 0.00889. The van der Waals surface area contributed by atoms with Crippen LogP contribution in [-0.4, -0.2) is 59.1 Å². The van der Waals surface area contributed by atoms with Crippen LogP contribution < -0.4 is 16.0 Å². The molecule has 0 radical (unpaired) electrons. The third-order valence-electron chi connectivity index (χ3n) is 5.58. The Bertz CT molecular complexity index is 823. The molecule has 2 fully saturated rings. The molecule has 1 aliphatic heterocycles. The molecule has 4 amide bonds. The molecule has 3 rings (SSSR count). The summed E-state index contributed by atoms with van der Waals surface area (Å²) in [5.74, 6) is -0.958. The second-order valence-electron chi connectivity index (χ2n) is 7.83. The zero-order valence-corrected chi connectivity index (χ0v) is 18.2. The largest absolute Gasteiger partial charge is 0.506 e. The van der Waals surface area contributed by atoms with Gasteiger partial charge in [-0.1, -0.05) is 23.2 Å². The van der Waals surface area contributed by atoms with E-state index in [2.05, 4.69) is 16.0 Å². The van der Waals surface area contributed by atoms with Crippen molar-refractivity contribution in [1.82, 2.24) is 20.9 Å². The van der Waals surface area contributed by atoms with Gasteiger partial charge >= 0.3 is 6.03 Å². The fourth-order valence-electron chi connectivity index (χ4n) is 3.45. The van der Waals surface area contributed by atoms with E-state index in [9.17, 15) is 19.5 Å². The molecule has 1 saturated carbocycles. The molecule has 0 unspecified atom stereocenters. The number of carbonyl (C=O) groups is 3. The highest BCUT2D eigenvalue weighted by Gasteiger charge is 2.28. The number of carbonyl (C=O) groups excluding carboxylic acids is 3. The summed E-state index contributed by atoms with van der Waals surface area (Å²) >= 11 is 11.8. The third kappa shape index (κ3) is 5.49. The zero-order valence-electron chi connectivity index (χ0n) is 16.7. The van der Waals surface area contributed by atoms with Gasteiger partial charge in [-0.15, -0.1) is 0 Å². The molecule has 10 heteroatoms. The van der Waals surface area contributed by atoms with Gasteiger partial charge in [0.05, 0.1) is 10.6 Å². The Morgan fingerprint density at radius 3 is 2.30 bits per heavy atom. The van der Waals surface area contributed by atoms with Crippen molar-refractivity contribution in [2.24, 2.45) is 0 Å². The number of hydrogen-bond donors (Lipinski definition) is 4. The zero-order chi connectivity index (χ0) is 21.8. The van der Waals surface area contributed by atoms with Crippen LogP contribution in [-0.2, 0) is 4.79 Å². The van der Waals surface area contributed by atoms with E-state index in [0.717, 1.165) is 19.3 Å². The first-order valence-corrected chi connectivity index (χ1v) is 10.8. The molecule has 164 valence electrons. The Labute approximate surface area is 185 Å². The van der Waals surface area contributed by atoms with Crippen LogP contribution in [0.25, 0.3) is 0 Å². The standard InChI is InChI=1S/C20H26Cl2N4O4/c1-11(18(28)24-13-3-2-4-13)23-20(30)26-7-5-14(6-8-26)25-19(29)15-9-12(21)10-16(22)17(15)27/h9-11,13-14,27H,2-8H2,1H3,(H,23,30)(H,24,28)(H,25,29)/t11-/m0/s1. The van der Waals surface area contributed by atoms with Gasteiger partial charge in [-0.05, 0) is 51.2 Å². The van der Waals surface area contributed by atoms with Gasteiger partial charge in [0.1, 0.15) is 11.8 Å². The molecule has 4 N–H and O–H groups in total. The Morgan fingerprint density at radius 1 is 1.07 bits per heavy atom. The van der Waals surface area contributed by atoms with Crippen molar-refractivity contribution in [1.29, 1.82) is 0 Å². The number of rotatable bonds is 5. The highest BCUT2D eigenvalue weighted by atomic mass is 35.5. The molecule has 0 aromatic heterocycles. The number of hydrogen-bond acceptors (Lipinski definition) is 4. The first-order chi connectivity index (χ1) is 14.2. The predicted octanol–water partition coefficient (Wildman–Crippen LogP) is 2.66. The third-order valence-corrected chi connectivity index (χ3v) is 6.08. The SMILES string of the molecule is C[C@H](NC(=O)N1CCC(NC(=O)c2cc(Cl)cc(Cl)c2O)CC1)C(=O)NC1CCC1. The Kier molecular flexibility index (Phi) is 7.31. The number of likely N-dealkylation sites (tertiary alicyclic amines) is 1. The number of amides is 4. The molecular weight excluding hydrogens is 431 g/mol. The Morgan fingerprint density at radius 2 is 1.70 bits per heavy atom. The number of phenols is 1. The fraction of sp³-hybridized carbons (Fsp3) is 0.550. The lowest BCUT2D eigenvalue weighted by Crippen LogP contribution is -2.55. The molecule has 1 atom stereocenters. The Balaban J connectivity index is 1.45. The Hall–Kier alpha value is -2.19. The van der Waals surface area contributed by atoms with Crippen LogP contribution >= 0.6 is 23.2 Å². The van der Waals surface area contributed by atoms with Crippen molar-refractivity contribution in [3.05, 3.63) is 27.7 Å². The maximum absolute atomic E-state index is 12.5. The summed E-state index contributed by atoms with van der Waals surface area (Å²) in [4.78, 5) is 38.6. The van der Waals surface area contributed by atoms with Crippen LogP contribution in [0.2, 0.25) is 10.0 Å². The highest BCUT2D eigenvalue weighted by molar-refractivity contribution is 6.36. The lowest BCUT2D eigenvalue weighted by Gasteiger charge is -2.33. The number of benzene rings is 1. The summed E-state index contributed by atoms with van der Waals surface area (Å²) in [5.41, 5.74) is 0.0129. The summed E-state index contributed by atoms with van der Waals surface area (Å²) in [6.45, 7) is 2.55. The fourth-order valence-corrected chi connectivity index (χ4v) is 3.94. The summed E-state index contributed by atoms with van der Waals surface area (Å²) in [6.07, 6.45) is 4.21. The number of phenolic OH excluding ortho intramolecular Hbond substituents is 1. The topological polar surface area (TPSA) is 111 Å². The number of aromatic hydroxyl groups is 1. The maximum Gasteiger partial charge on any atom is 0.318 e. The van der Waals surface area contributed by atoms with Gasteiger partial charge in [-0.25, -0.2) is 4.79 Å². The van der Waals surface area contributed by atoms with E-state index in [1.807, 2.05) is 0 Å². The quantitative estimate of drug-likeness (QED) is 0.545. The van der Waals surface area contributed by atoms with Gasteiger partial charge in [0.2, 0.25) is 5.91 Å². The maximum atomic E-state index is 12.5. The van der Waals surface area contributed by atoms with Crippen molar-refractivity contribution in [2.45, 2.75) is 57.2 Å². The molecule has 2 aliphatic rings. The van der Waals surface area contributed by atoms with Gasteiger partial charge in [-0.3, -0.25) is 9.59 Å². The van der Waals surface area contributed by atoms with E-state index in [-0.39, 0.29) is 45.4 Å². The number of nitrogens with one attached hydrogen (secondary N) is 3. The molecular formula is C20H26Cl2N4O4. The molecule has 1 aromatic rings. The van der Waals surface area contributed by atoms with Crippen LogP contribution in [0.1, 0.15) is 49.4 Å². The summed E-state index contributed by atoms with van der Waals surface area (Å²) in [7, 11) is 0. The van der Waals surface area contributed by atoms with Crippen LogP contribution in [0, 0.1) is 0 Å². The average molecular weight is 457 g/mol. The number of urea groups is 1. The number of nitrogens with zero attached hydrogens (tertiary/aromatic N) is 1. The minimum Gasteiger partial charge on any atom is -0.506 e. The van der Waals surface area contributed by atoms with E-state index < -0.39 is 11.9 Å². The highest BCUT2D eigenvalue weighted by Crippen LogP contribution is 2.31. The normalized spacial score (nSPS) is 18.3. The second kappa shape index (κ2) is 9.75. The van der Waals surface area contributed by atoms with Crippen molar-refractivity contribution < 1.29 is 19.5 Å². The van der Waals surface area contributed by atoms with E-state index in [0.29, 0.717) is 25.9 Å². The first-order valence-electron chi connectivity index (χ1n) is 10.1. The molecule has 8 nitrogen and oxygen atoms in total. The molecule has 0 bridgehead atoms. The smallest absolute Gasteiger partial charge is 0.318 e. The second-order valence-corrected chi connectivity index (χ2v) is 8.67. The van der Waals surface area contributed by atoms with E-state index in [1.165, 1.54) is 12.1 Å². The summed E-state index contributed by atoms with van der Waals surface area (Å²) < 4.78 is 0. The van der Waals surface area contributed by atoms with Gasteiger partial charge in [0, 0.05) is 30.2 Å². The van der Waals surface area contributed by atoms with E-state index in [1.54, 1.807) is 11.8 Å². The van der Waals surface area contributed by atoms with Crippen LogP contribution in [0.4, 0.5) is 4.79 Å². The van der Waals surface area contributed by atoms with Gasteiger partial charge in [0.15, 0.2) is 0 Å². The lowest BCUT2D eigenvalue weighted by molar-refractivity contribution is -0.123. The van der Waals surface area contributed by atoms with E-state index in [4.69, 9.17) is 23.2 Å². The van der Waals surface area contributed by atoms with Gasteiger partial charge < -0.3 is 26.0 Å². The van der Waals surface area contributed by atoms with Crippen LogP contribution in [0.3, 0.4) is 0 Å². The van der Waals surface area contributed by atoms with E-state index >= 15 is 0 Å². The lowest BCUT2D eigenvalue weighted by atomic mass is 9.93. The van der Waals surface area contributed by atoms with Crippen LogP contribution in [0.5, 0.6) is 5.75 Å². The van der Waals surface area contributed by atoms with Gasteiger partial charge in [0.25, 0.3) is 5.91 Å². The van der Waals surface area contributed by atoms with Gasteiger partial charge in [-0.2, -0.15) is 0 Å². The molecule has 1 heterocycles. The number of piperidine rings is 1. The van der Waals surface area contributed by atoms with Crippen LogP contribution in [0.15, 0.2) is 12.1 Å². The monoisotopic (exact) mass is 456 g/mol. The number of halogens is 2. The predicted molar refractivity (Wildman–Crippen MR) is 114 cm³/mol. The van der Waals surface area contributed by atoms with Crippen molar-refractivity contribution in [3.63, 3.8) is 0 Å².